The lowest BCUT2D eigenvalue weighted by Crippen LogP contribution is -2.26. The van der Waals surface area contributed by atoms with Crippen LogP contribution in [0.25, 0.3) is 0 Å². The van der Waals surface area contributed by atoms with Crippen LogP contribution in [-0.2, 0) is 13.5 Å². The van der Waals surface area contributed by atoms with Gasteiger partial charge in [-0.25, -0.2) is 0 Å². The van der Waals surface area contributed by atoms with Gasteiger partial charge in [0.15, 0.2) is 5.82 Å². The first-order valence-corrected chi connectivity index (χ1v) is 4.68. The zero-order chi connectivity index (χ0) is 9.68. The molecule has 0 aliphatic heterocycles. The topological polar surface area (TPSA) is 55.6 Å². The van der Waals surface area contributed by atoms with Crippen LogP contribution in [0.2, 0.25) is 0 Å². The van der Waals surface area contributed by atoms with E-state index >= 15 is 0 Å². The Morgan fingerprint density at radius 1 is 1.54 bits per heavy atom. The lowest BCUT2D eigenvalue weighted by atomic mass is 10.2. The van der Waals surface area contributed by atoms with Crippen molar-refractivity contribution in [3.8, 4) is 0 Å². The van der Waals surface area contributed by atoms with Gasteiger partial charge in [-0.3, -0.25) is 0 Å². The molecule has 0 fully saturated rings. The van der Waals surface area contributed by atoms with Gasteiger partial charge in [-0.15, -0.1) is 10.2 Å². The van der Waals surface area contributed by atoms with Gasteiger partial charge in [0.05, 0.1) is 7.05 Å². The molecule has 0 aromatic carbocycles. The van der Waals surface area contributed by atoms with E-state index in [0.29, 0.717) is 6.04 Å². The minimum atomic E-state index is 0.522. The van der Waals surface area contributed by atoms with E-state index in [-0.39, 0.29) is 0 Å². The van der Waals surface area contributed by atoms with Gasteiger partial charge in [-0.05, 0) is 25.1 Å². The van der Waals surface area contributed by atoms with Crippen molar-refractivity contribution in [1.29, 1.82) is 0 Å². The molecule has 1 unspecified atom stereocenters. The van der Waals surface area contributed by atoms with Crippen LogP contribution in [0.5, 0.6) is 0 Å². The average Bonchev–Trinajstić information content (AvgIpc) is 2.49. The third kappa shape index (κ3) is 3.50. The van der Waals surface area contributed by atoms with Crippen LogP contribution in [0.4, 0.5) is 0 Å². The molecule has 0 radical (unpaired) electrons. The van der Waals surface area contributed by atoms with Gasteiger partial charge in [0.2, 0.25) is 0 Å². The number of hydrogen-bond donors (Lipinski definition) is 1. The zero-order valence-corrected chi connectivity index (χ0v) is 8.49. The van der Waals surface area contributed by atoms with Crippen molar-refractivity contribution in [1.82, 2.24) is 25.5 Å². The van der Waals surface area contributed by atoms with Crippen LogP contribution in [0.1, 0.15) is 26.1 Å². The van der Waals surface area contributed by atoms with E-state index < -0.39 is 0 Å². The Morgan fingerprint density at radius 3 is 2.85 bits per heavy atom. The second kappa shape index (κ2) is 4.91. The molecule has 13 heavy (non-hydrogen) atoms. The summed E-state index contributed by atoms with van der Waals surface area (Å²) < 4.78 is 0. The Bertz CT molecular complexity index is 244. The maximum atomic E-state index is 4.11. The van der Waals surface area contributed by atoms with E-state index in [4.69, 9.17) is 0 Å². The van der Waals surface area contributed by atoms with Crippen molar-refractivity contribution in [2.24, 2.45) is 7.05 Å². The number of aryl methyl sites for hydroxylation is 2. The second-order valence-electron chi connectivity index (χ2n) is 3.19. The number of nitrogens with one attached hydrogen (secondary N) is 1. The van der Waals surface area contributed by atoms with Crippen molar-refractivity contribution < 1.29 is 0 Å². The Labute approximate surface area is 78.5 Å². The van der Waals surface area contributed by atoms with Crippen LogP contribution in [0.3, 0.4) is 0 Å². The Morgan fingerprint density at radius 2 is 2.31 bits per heavy atom. The van der Waals surface area contributed by atoms with E-state index in [1.807, 2.05) is 0 Å². The summed E-state index contributed by atoms with van der Waals surface area (Å²) in [6, 6.07) is 0.522. The van der Waals surface area contributed by atoms with Gasteiger partial charge in [0.25, 0.3) is 0 Å². The van der Waals surface area contributed by atoms with Gasteiger partial charge in [-0.1, -0.05) is 6.92 Å². The highest BCUT2D eigenvalue weighted by Gasteiger charge is 2.04. The van der Waals surface area contributed by atoms with E-state index in [1.165, 1.54) is 4.80 Å². The number of rotatable bonds is 5. The molecule has 1 heterocycles. The molecule has 0 amide bonds. The highest BCUT2D eigenvalue weighted by Crippen LogP contribution is 1.97. The first-order valence-electron chi connectivity index (χ1n) is 4.68. The van der Waals surface area contributed by atoms with Crippen LogP contribution in [0, 0.1) is 0 Å². The molecule has 0 aliphatic carbocycles. The largest absolute Gasteiger partial charge is 0.315 e. The Balaban J connectivity index is 2.26. The minimum absolute atomic E-state index is 0.522. The van der Waals surface area contributed by atoms with Crippen LogP contribution in [-0.4, -0.2) is 32.8 Å². The SMILES string of the molecule is CCNC(C)CCc1nnn(C)n1. The van der Waals surface area contributed by atoms with E-state index in [1.54, 1.807) is 7.05 Å². The maximum Gasteiger partial charge on any atom is 0.174 e. The fourth-order valence-electron chi connectivity index (χ4n) is 1.22. The third-order valence-corrected chi connectivity index (χ3v) is 1.90. The summed E-state index contributed by atoms with van der Waals surface area (Å²) >= 11 is 0. The van der Waals surface area contributed by atoms with Crippen molar-refractivity contribution in [3.05, 3.63) is 5.82 Å². The van der Waals surface area contributed by atoms with Crippen molar-refractivity contribution in [3.63, 3.8) is 0 Å². The van der Waals surface area contributed by atoms with Crippen LogP contribution >= 0.6 is 0 Å². The number of aromatic nitrogens is 4. The lowest BCUT2D eigenvalue weighted by molar-refractivity contribution is 0.523. The van der Waals surface area contributed by atoms with Crippen molar-refractivity contribution >= 4 is 0 Å². The number of hydrogen-bond acceptors (Lipinski definition) is 4. The molecule has 1 aromatic heterocycles. The molecule has 0 spiro atoms. The molecule has 1 aromatic rings. The zero-order valence-electron chi connectivity index (χ0n) is 8.49. The van der Waals surface area contributed by atoms with Gasteiger partial charge >= 0.3 is 0 Å². The summed E-state index contributed by atoms with van der Waals surface area (Å²) in [6.07, 6.45) is 1.95. The van der Waals surface area contributed by atoms with E-state index in [2.05, 4.69) is 34.6 Å². The molecule has 0 aliphatic rings. The second-order valence-corrected chi connectivity index (χ2v) is 3.19. The number of nitrogens with zero attached hydrogens (tertiary/aromatic N) is 4. The monoisotopic (exact) mass is 183 g/mol. The molecule has 0 bridgehead atoms. The molecule has 0 saturated carbocycles. The fraction of sp³-hybridized carbons (Fsp3) is 0.875. The highest BCUT2D eigenvalue weighted by molar-refractivity contribution is 4.78. The van der Waals surface area contributed by atoms with E-state index in [9.17, 15) is 0 Å². The number of tetrazole rings is 1. The summed E-state index contributed by atoms with van der Waals surface area (Å²) in [5, 5.41) is 15.1. The molecular weight excluding hydrogens is 166 g/mol. The van der Waals surface area contributed by atoms with Gasteiger partial charge in [-0.2, -0.15) is 4.80 Å². The van der Waals surface area contributed by atoms with Crippen molar-refractivity contribution in [2.75, 3.05) is 6.54 Å². The van der Waals surface area contributed by atoms with E-state index in [0.717, 1.165) is 25.2 Å². The molecule has 74 valence electrons. The van der Waals surface area contributed by atoms with Gasteiger partial charge in [0, 0.05) is 12.5 Å². The lowest BCUT2D eigenvalue weighted by Gasteiger charge is -2.09. The fourth-order valence-corrected chi connectivity index (χ4v) is 1.22. The molecule has 1 N–H and O–H groups in total. The standard InChI is InChI=1S/C8H17N5/c1-4-9-7(2)5-6-8-10-12-13(3)11-8/h7,9H,4-6H2,1-3H3. The summed E-state index contributed by atoms with van der Waals surface area (Å²) in [7, 11) is 1.78. The molecular formula is C8H17N5. The molecule has 5 nitrogen and oxygen atoms in total. The normalized spacial score (nSPS) is 13.2. The summed E-state index contributed by atoms with van der Waals surface area (Å²) in [5.41, 5.74) is 0. The highest BCUT2D eigenvalue weighted by atomic mass is 15.6. The minimum Gasteiger partial charge on any atom is -0.315 e. The Kier molecular flexibility index (Phi) is 3.82. The quantitative estimate of drug-likeness (QED) is 0.705. The average molecular weight is 183 g/mol. The van der Waals surface area contributed by atoms with Crippen LogP contribution < -0.4 is 5.32 Å². The van der Waals surface area contributed by atoms with Crippen molar-refractivity contribution in [2.45, 2.75) is 32.7 Å². The summed E-state index contributed by atoms with van der Waals surface area (Å²) in [4.78, 5) is 1.49. The smallest absolute Gasteiger partial charge is 0.174 e. The first kappa shape index (κ1) is 10.1. The van der Waals surface area contributed by atoms with Crippen LogP contribution in [0.15, 0.2) is 0 Å². The molecule has 1 atom stereocenters. The first-order chi connectivity index (χ1) is 6.22. The molecule has 1 rings (SSSR count). The van der Waals surface area contributed by atoms with Gasteiger partial charge in [0.1, 0.15) is 0 Å². The Hall–Kier alpha value is -0.970. The molecule has 5 heteroatoms. The third-order valence-electron chi connectivity index (χ3n) is 1.90. The predicted molar refractivity (Wildman–Crippen MR) is 50.3 cm³/mol. The molecule has 0 saturated heterocycles. The van der Waals surface area contributed by atoms with Gasteiger partial charge < -0.3 is 5.32 Å². The predicted octanol–water partition coefficient (Wildman–Crippen LogP) is 0.141. The summed E-state index contributed by atoms with van der Waals surface area (Å²) in [6.45, 7) is 5.28. The maximum absolute atomic E-state index is 4.11. The summed E-state index contributed by atoms with van der Waals surface area (Å²) in [5.74, 6) is 0.826.